The van der Waals surface area contributed by atoms with Crippen LogP contribution in [0.15, 0.2) is 54.6 Å². The van der Waals surface area contributed by atoms with Crippen LogP contribution in [0.4, 0.5) is 5.69 Å². The summed E-state index contributed by atoms with van der Waals surface area (Å²) in [6.45, 7) is 0.175. The fourth-order valence-corrected chi connectivity index (χ4v) is 2.46. The maximum atomic E-state index is 12.2. The van der Waals surface area contributed by atoms with Gasteiger partial charge in [0, 0.05) is 24.1 Å². The standard InChI is InChI=1S/C20H21NO4/c22-17(12-13-20(24)25)11-10-15-6-4-5-9-18(15)21-14-19(23)16-7-2-1-3-8-16/h1-9,21H,10-14H2,(H,24,25). The summed E-state index contributed by atoms with van der Waals surface area (Å²) in [5.74, 6) is -1.04. The van der Waals surface area contributed by atoms with Gasteiger partial charge in [0.1, 0.15) is 5.78 Å². The molecule has 0 atom stereocenters. The van der Waals surface area contributed by atoms with Gasteiger partial charge >= 0.3 is 5.97 Å². The minimum Gasteiger partial charge on any atom is -0.481 e. The zero-order valence-electron chi connectivity index (χ0n) is 13.9. The van der Waals surface area contributed by atoms with Gasteiger partial charge in [0.15, 0.2) is 5.78 Å². The molecule has 0 spiro atoms. The van der Waals surface area contributed by atoms with Gasteiger partial charge in [0.05, 0.1) is 13.0 Å². The van der Waals surface area contributed by atoms with E-state index in [4.69, 9.17) is 5.11 Å². The number of nitrogens with one attached hydrogen (secondary N) is 1. The first-order valence-corrected chi connectivity index (χ1v) is 8.20. The molecule has 0 fully saturated rings. The number of aryl methyl sites for hydroxylation is 1. The van der Waals surface area contributed by atoms with Crippen LogP contribution in [-0.4, -0.2) is 29.2 Å². The number of carbonyl (C=O) groups is 3. The fraction of sp³-hybridized carbons (Fsp3) is 0.250. The van der Waals surface area contributed by atoms with Gasteiger partial charge in [0.25, 0.3) is 0 Å². The number of hydrogen-bond acceptors (Lipinski definition) is 4. The molecule has 0 radical (unpaired) electrons. The second kappa shape index (κ2) is 9.37. The predicted molar refractivity (Wildman–Crippen MR) is 95.9 cm³/mol. The number of hydrogen-bond donors (Lipinski definition) is 2. The summed E-state index contributed by atoms with van der Waals surface area (Å²) in [5.41, 5.74) is 2.40. The van der Waals surface area contributed by atoms with E-state index in [1.165, 1.54) is 0 Å². The molecule has 0 aromatic heterocycles. The second-order valence-corrected chi connectivity index (χ2v) is 5.73. The molecule has 0 heterocycles. The number of carboxylic acid groups (broad SMARTS) is 1. The minimum atomic E-state index is -0.963. The Balaban J connectivity index is 1.90. The van der Waals surface area contributed by atoms with E-state index >= 15 is 0 Å². The van der Waals surface area contributed by atoms with Crippen LogP contribution in [0, 0.1) is 0 Å². The van der Waals surface area contributed by atoms with Gasteiger partial charge < -0.3 is 10.4 Å². The lowest BCUT2D eigenvalue weighted by atomic mass is 10.0. The molecule has 0 aliphatic heterocycles. The smallest absolute Gasteiger partial charge is 0.303 e. The Bertz CT molecular complexity index is 740. The third-order valence-corrected chi connectivity index (χ3v) is 3.84. The molecule has 2 N–H and O–H groups in total. The van der Waals surface area contributed by atoms with Crippen LogP contribution in [0.1, 0.15) is 35.2 Å². The summed E-state index contributed by atoms with van der Waals surface area (Å²) >= 11 is 0. The molecule has 5 heteroatoms. The molecule has 25 heavy (non-hydrogen) atoms. The van der Waals surface area contributed by atoms with Gasteiger partial charge in [-0.3, -0.25) is 14.4 Å². The Labute approximate surface area is 146 Å². The van der Waals surface area contributed by atoms with Gasteiger partial charge in [-0.2, -0.15) is 0 Å². The van der Waals surface area contributed by atoms with E-state index in [0.29, 0.717) is 18.4 Å². The largest absolute Gasteiger partial charge is 0.481 e. The number of carbonyl (C=O) groups excluding carboxylic acids is 2. The van der Waals surface area contributed by atoms with Crippen molar-refractivity contribution in [3.8, 4) is 0 Å². The summed E-state index contributed by atoms with van der Waals surface area (Å²) in [6.07, 6.45) is 0.724. The Hall–Kier alpha value is -2.95. The third kappa shape index (κ3) is 6.22. The molecule has 2 aromatic rings. The quantitative estimate of drug-likeness (QED) is 0.649. The van der Waals surface area contributed by atoms with Crippen molar-refractivity contribution in [2.45, 2.75) is 25.7 Å². The number of anilines is 1. The molecule has 2 aromatic carbocycles. The lowest BCUT2D eigenvalue weighted by Gasteiger charge is -2.11. The van der Waals surface area contributed by atoms with Crippen LogP contribution in [-0.2, 0) is 16.0 Å². The Morgan fingerprint density at radius 3 is 2.24 bits per heavy atom. The lowest BCUT2D eigenvalue weighted by molar-refractivity contribution is -0.138. The number of rotatable bonds is 10. The fourth-order valence-electron chi connectivity index (χ4n) is 2.46. The van der Waals surface area contributed by atoms with Gasteiger partial charge in [-0.1, -0.05) is 48.5 Å². The van der Waals surface area contributed by atoms with Gasteiger partial charge in [-0.05, 0) is 18.1 Å². The molecular formula is C20H21NO4. The van der Waals surface area contributed by atoms with Crippen LogP contribution in [0.25, 0.3) is 0 Å². The van der Waals surface area contributed by atoms with E-state index in [2.05, 4.69) is 5.32 Å². The summed E-state index contributed by atoms with van der Waals surface area (Å²) in [5, 5.41) is 11.7. The maximum Gasteiger partial charge on any atom is 0.303 e. The van der Waals surface area contributed by atoms with E-state index in [-0.39, 0.29) is 31.0 Å². The van der Waals surface area contributed by atoms with Crippen LogP contribution in [0.5, 0.6) is 0 Å². The molecule has 0 aliphatic carbocycles. The van der Waals surface area contributed by atoms with E-state index in [1.807, 2.05) is 42.5 Å². The third-order valence-electron chi connectivity index (χ3n) is 3.84. The van der Waals surface area contributed by atoms with Gasteiger partial charge in [-0.25, -0.2) is 0 Å². The van der Waals surface area contributed by atoms with Crippen LogP contribution >= 0.6 is 0 Å². The van der Waals surface area contributed by atoms with Gasteiger partial charge in [-0.15, -0.1) is 0 Å². The topological polar surface area (TPSA) is 83.5 Å². The normalized spacial score (nSPS) is 10.2. The molecule has 0 amide bonds. The zero-order valence-corrected chi connectivity index (χ0v) is 13.9. The van der Waals surface area contributed by atoms with E-state index < -0.39 is 5.97 Å². The Morgan fingerprint density at radius 2 is 1.52 bits per heavy atom. The summed E-state index contributed by atoms with van der Waals surface area (Å²) in [6, 6.07) is 16.6. The number of carboxylic acids is 1. The molecule has 0 saturated carbocycles. The summed E-state index contributed by atoms with van der Waals surface area (Å²) in [4.78, 5) is 34.4. The number of para-hydroxylation sites is 1. The van der Waals surface area contributed by atoms with Crippen LogP contribution in [0.2, 0.25) is 0 Å². The summed E-state index contributed by atoms with van der Waals surface area (Å²) in [7, 11) is 0. The van der Waals surface area contributed by atoms with Crippen LogP contribution < -0.4 is 5.32 Å². The zero-order chi connectivity index (χ0) is 18.1. The van der Waals surface area contributed by atoms with E-state index in [9.17, 15) is 14.4 Å². The molecule has 0 saturated heterocycles. The van der Waals surface area contributed by atoms with Crippen molar-refractivity contribution in [3.63, 3.8) is 0 Å². The number of ketones is 2. The molecule has 130 valence electrons. The lowest BCUT2D eigenvalue weighted by Crippen LogP contribution is -2.15. The second-order valence-electron chi connectivity index (χ2n) is 5.73. The highest BCUT2D eigenvalue weighted by atomic mass is 16.4. The molecule has 5 nitrogen and oxygen atoms in total. The van der Waals surface area contributed by atoms with Crippen molar-refractivity contribution in [3.05, 3.63) is 65.7 Å². The first-order chi connectivity index (χ1) is 12.1. The predicted octanol–water partition coefficient (Wildman–Crippen LogP) is 3.35. The molecule has 0 aliphatic rings. The average molecular weight is 339 g/mol. The van der Waals surface area contributed by atoms with Crippen LogP contribution in [0.3, 0.4) is 0 Å². The van der Waals surface area contributed by atoms with E-state index in [0.717, 1.165) is 11.3 Å². The highest BCUT2D eigenvalue weighted by Crippen LogP contribution is 2.17. The first-order valence-electron chi connectivity index (χ1n) is 8.20. The number of Topliss-reactive ketones (excluding diaryl/α,β-unsaturated/α-hetero) is 2. The Morgan fingerprint density at radius 1 is 0.840 bits per heavy atom. The molecule has 0 bridgehead atoms. The maximum absolute atomic E-state index is 12.2. The van der Waals surface area contributed by atoms with Crippen molar-refractivity contribution in [2.75, 3.05) is 11.9 Å². The number of benzene rings is 2. The van der Waals surface area contributed by atoms with Crippen molar-refractivity contribution >= 4 is 23.2 Å². The highest BCUT2D eigenvalue weighted by molar-refractivity contribution is 5.99. The SMILES string of the molecule is O=C(O)CCC(=O)CCc1ccccc1NCC(=O)c1ccccc1. The number of aliphatic carboxylic acids is 1. The van der Waals surface area contributed by atoms with Crippen molar-refractivity contribution in [1.82, 2.24) is 0 Å². The minimum absolute atomic E-state index is 0.00654. The first kappa shape index (κ1) is 18.4. The summed E-state index contributed by atoms with van der Waals surface area (Å²) < 4.78 is 0. The highest BCUT2D eigenvalue weighted by Gasteiger charge is 2.10. The Kier molecular flexibility index (Phi) is 6.89. The monoisotopic (exact) mass is 339 g/mol. The molecular weight excluding hydrogens is 318 g/mol. The molecule has 2 rings (SSSR count). The van der Waals surface area contributed by atoms with Crippen molar-refractivity contribution in [1.29, 1.82) is 0 Å². The molecule has 0 unspecified atom stereocenters. The average Bonchev–Trinajstić information content (AvgIpc) is 2.64. The van der Waals surface area contributed by atoms with Crippen molar-refractivity contribution in [2.24, 2.45) is 0 Å². The van der Waals surface area contributed by atoms with E-state index in [1.54, 1.807) is 12.1 Å². The van der Waals surface area contributed by atoms with Crippen molar-refractivity contribution < 1.29 is 19.5 Å². The van der Waals surface area contributed by atoms with Gasteiger partial charge in [0.2, 0.25) is 0 Å².